The third-order valence-corrected chi connectivity index (χ3v) is 5.73. The van der Waals surface area contributed by atoms with Gasteiger partial charge >= 0.3 is 0 Å². The van der Waals surface area contributed by atoms with Gasteiger partial charge in [-0.25, -0.2) is 8.42 Å². The van der Waals surface area contributed by atoms with Crippen molar-refractivity contribution in [3.63, 3.8) is 0 Å². The molecule has 0 saturated heterocycles. The summed E-state index contributed by atoms with van der Waals surface area (Å²) in [4.78, 5) is 12.5. The van der Waals surface area contributed by atoms with Crippen molar-refractivity contribution < 1.29 is 13.2 Å². The molecule has 2 aromatic rings. The lowest BCUT2D eigenvalue weighted by atomic mass is 10.0. The summed E-state index contributed by atoms with van der Waals surface area (Å²) in [7, 11) is -3.51. The van der Waals surface area contributed by atoms with E-state index in [-0.39, 0.29) is 25.0 Å². The van der Waals surface area contributed by atoms with Gasteiger partial charge in [0.2, 0.25) is 15.9 Å². The fourth-order valence-corrected chi connectivity index (χ4v) is 3.76. The number of hydrogen-bond acceptors (Lipinski definition) is 3. The Morgan fingerprint density at radius 2 is 1.63 bits per heavy atom. The van der Waals surface area contributed by atoms with Crippen LogP contribution < -0.4 is 5.32 Å². The van der Waals surface area contributed by atoms with Crippen molar-refractivity contribution in [3.8, 4) is 0 Å². The van der Waals surface area contributed by atoms with Gasteiger partial charge in [0.05, 0.1) is 18.8 Å². The molecule has 0 spiro atoms. The minimum absolute atomic E-state index is 0.171. The van der Waals surface area contributed by atoms with Crippen LogP contribution in [0.3, 0.4) is 0 Å². The van der Waals surface area contributed by atoms with E-state index in [9.17, 15) is 13.2 Å². The number of carbonyl (C=O) groups excluding carboxylic acids is 1. The molecule has 0 aromatic heterocycles. The summed E-state index contributed by atoms with van der Waals surface area (Å²) in [5.74, 6) is -0.319. The summed E-state index contributed by atoms with van der Waals surface area (Å²) in [6.45, 7) is 7.87. The van der Waals surface area contributed by atoms with Crippen molar-refractivity contribution >= 4 is 15.9 Å². The van der Waals surface area contributed by atoms with E-state index in [1.807, 2.05) is 64.1 Å². The fourth-order valence-electron chi connectivity index (χ4n) is 3.02. The maximum atomic E-state index is 12.5. The van der Waals surface area contributed by atoms with Crippen molar-refractivity contribution in [1.29, 1.82) is 0 Å². The van der Waals surface area contributed by atoms with Crippen molar-refractivity contribution in [3.05, 3.63) is 70.3 Å². The van der Waals surface area contributed by atoms with Crippen molar-refractivity contribution in [2.24, 2.45) is 0 Å². The number of rotatable bonds is 7. The van der Waals surface area contributed by atoms with Crippen molar-refractivity contribution in [1.82, 2.24) is 9.62 Å². The smallest absolute Gasteiger partial charge is 0.235 e. The van der Waals surface area contributed by atoms with Gasteiger partial charge in [0.15, 0.2) is 0 Å². The SMILES string of the molecule is Cc1ccc(CN(CC(=O)NC(C)c2ccc(C)cc2C)S(C)(=O)=O)cc1. The van der Waals surface area contributed by atoms with Crippen LogP contribution in [0.5, 0.6) is 0 Å². The Kier molecular flexibility index (Phi) is 6.78. The molecule has 1 atom stereocenters. The summed E-state index contributed by atoms with van der Waals surface area (Å²) in [6, 6.07) is 13.5. The Bertz CT molecular complexity index is 906. The van der Waals surface area contributed by atoms with E-state index in [0.717, 1.165) is 34.1 Å². The summed E-state index contributed by atoms with van der Waals surface area (Å²) < 4.78 is 25.5. The molecule has 0 aliphatic heterocycles. The van der Waals surface area contributed by atoms with Crippen LogP contribution in [-0.2, 0) is 21.4 Å². The van der Waals surface area contributed by atoms with Gasteiger partial charge in [0.25, 0.3) is 0 Å². The molecule has 0 saturated carbocycles. The van der Waals surface area contributed by atoms with Gasteiger partial charge in [-0.3, -0.25) is 4.79 Å². The molecule has 0 fully saturated rings. The second kappa shape index (κ2) is 8.67. The lowest BCUT2D eigenvalue weighted by molar-refractivity contribution is -0.122. The number of aryl methyl sites for hydroxylation is 3. The lowest BCUT2D eigenvalue weighted by Crippen LogP contribution is -2.40. The first-order valence-electron chi connectivity index (χ1n) is 8.93. The molecule has 0 bridgehead atoms. The molecule has 6 heteroatoms. The second-order valence-corrected chi connectivity index (χ2v) is 9.15. The fraction of sp³-hybridized carbons (Fsp3) is 0.381. The summed E-state index contributed by atoms with van der Waals surface area (Å²) in [6.07, 6.45) is 1.13. The van der Waals surface area contributed by atoms with E-state index in [2.05, 4.69) is 11.4 Å². The molecule has 0 aliphatic carbocycles. The van der Waals surface area contributed by atoms with E-state index >= 15 is 0 Å². The number of hydrogen-bond donors (Lipinski definition) is 1. The summed E-state index contributed by atoms with van der Waals surface area (Å²) in [5.41, 5.74) is 5.24. The number of nitrogens with one attached hydrogen (secondary N) is 1. The predicted octanol–water partition coefficient (Wildman–Crippen LogP) is 3.25. The Labute approximate surface area is 162 Å². The van der Waals surface area contributed by atoms with E-state index in [0.29, 0.717) is 0 Å². The van der Waals surface area contributed by atoms with Gasteiger partial charge in [-0.1, -0.05) is 53.6 Å². The highest BCUT2D eigenvalue weighted by atomic mass is 32.2. The largest absolute Gasteiger partial charge is 0.348 e. The van der Waals surface area contributed by atoms with Crippen LogP contribution in [0.25, 0.3) is 0 Å². The standard InChI is InChI=1S/C21H28N2O3S/c1-15-6-9-19(10-7-15)13-23(27(5,25)26)14-21(24)22-18(4)20-11-8-16(2)12-17(20)3/h6-12,18H,13-14H2,1-5H3,(H,22,24). The average molecular weight is 389 g/mol. The molecule has 2 rings (SSSR count). The van der Waals surface area contributed by atoms with Gasteiger partial charge in [-0.05, 0) is 44.4 Å². The van der Waals surface area contributed by atoms with E-state index in [1.54, 1.807) is 0 Å². The summed E-state index contributed by atoms with van der Waals surface area (Å²) in [5, 5.41) is 2.91. The third kappa shape index (κ3) is 6.19. The molecule has 5 nitrogen and oxygen atoms in total. The molecule has 0 aliphatic rings. The number of nitrogens with zero attached hydrogens (tertiary/aromatic N) is 1. The zero-order chi connectivity index (χ0) is 20.2. The van der Waals surface area contributed by atoms with E-state index in [1.165, 1.54) is 4.31 Å². The Morgan fingerprint density at radius 1 is 1.04 bits per heavy atom. The minimum Gasteiger partial charge on any atom is -0.348 e. The van der Waals surface area contributed by atoms with E-state index in [4.69, 9.17) is 0 Å². The highest BCUT2D eigenvalue weighted by Crippen LogP contribution is 2.18. The molecular weight excluding hydrogens is 360 g/mol. The zero-order valence-corrected chi connectivity index (χ0v) is 17.4. The number of sulfonamides is 1. The molecule has 1 amide bonds. The molecule has 0 radical (unpaired) electrons. The topological polar surface area (TPSA) is 66.5 Å². The molecular formula is C21H28N2O3S. The normalized spacial score (nSPS) is 12.8. The van der Waals surface area contributed by atoms with Gasteiger partial charge < -0.3 is 5.32 Å². The molecule has 27 heavy (non-hydrogen) atoms. The highest BCUT2D eigenvalue weighted by molar-refractivity contribution is 7.88. The van der Waals surface area contributed by atoms with Crippen molar-refractivity contribution in [2.75, 3.05) is 12.8 Å². The van der Waals surface area contributed by atoms with Crippen LogP contribution >= 0.6 is 0 Å². The van der Waals surface area contributed by atoms with Crippen LogP contribution in [0.1, 0.15) is 40.8 Å². The van der Waals surface area contributed by atoms with Gasteiger partial charge in [-0.15, -0.1) is 0 Å². The van der Waals surface area contributed by atoms with Crippen LogP contribution in [0.4, 0.5) is 0 Å². The van der Waals surface area contributed by atoms with Gasteiger partial charge in [0, 0.05) is 6.54 Å². The minimum atomic E-state index is -3.51. The number of benzene rings is 2. The molecule has 1 N–H and O–H groups in total. The third-order valence-electron chi connectivity index (χ3n) is 4.54. The zero-order valence-electron chi connectivity index (χ0n) is 16.6. The predicted molar refractivity (Wildman–Crippen MR) is 109 cm³/mol. The van der Waals surface area contributed by atoms with Gasteiger partial charge in [-0.2, -0.15) is 4.31 Å². The number of amides is 1. The van der Waals surface area contributed by atoms with E-state index < -0.39 is 10.0 Å². The van der Waals surface area contributed by atoms with Crippen LogP contribution in [0.15, 0.2) is 42.5 Å². The first-order chi connectivity index (χ1) is 12.6. The molecule has 146 valence electrons. The monoisotopic (exact) mass is 388 g/mol. The highest BCUT2D eigenvalue weighted by Gasteiger charge is 2.22. The Hall–Kier alpha value is -2.18. The quantitative estimate of drug-likeness (QED) is 0.792. The van der Waals surface area contributed by atoms with Crippen molar-refractivity contribution in [2.45, 2.75) is 40.3 Å². The van der Waals surface area contributed by atoms with Gasteiger partial charge in [0.1, 0.15) is 0 Å². The summed E-state index contributed by atoms with van der Waals surface area (Å²) >= 11 is 0. The Morgan fingerprint density at radius 3 is 2.19 bits per heavy atom. The molecule has 0 heterocycles. The average Bonchev–Trinajstić information content (AvgIpc) is 2.55. The molecule has 1 unspecified atom stereocenters. The second-order valence-electron chi connectivity index (χ2n) is 7.17. The first-order valence-corrected chi connectivity index (χ1v) is 10.8. The van der Waals surface area contributed by atoms with Crippen LogP contribution in [0.2, 0.25) is 0 Å². The first kappa shape index (κ1) is 21.1. The van der Waals surface area contributed by atoms with Crippen LogP contribution in [-0.4, -0.2) is 31.4 Å². The number of carbonyl (C=O) groups is 1. The lowest BCUT2D eigenvalue weighted by Gasteiger charge is -2.22. The maximum absolute atomic E-state index is 12.5. The maximum Gasteiger partial charge on any atom is 0.235 e. The van der Waals surface area contributed by atoms with Crippen LogP contribution in [0, 0.1) is 20.8 Å². The Balaban J connectivity index is 2.08. The molecule has 2 aromatic carbocycles.